The predicted molar refractivity (Wildman–Crippen MR) is 134 cm³/mol. The minimum Gasteiger partial charge on any atom is -0.465 e. The quantitative estimate of drug-likeness (QED) is 0.309. The van der Waals surface area contributed by atoms with Gasteiger partial charge in [-0.3, -0.25) is 9.89 Å². The fourth-order valence-corrected chi connectivity index (χ4v) is 4.13. The van der Waals surface area contributed by atoms with Crippen molar-refractivity contribution >= 4 is 34.7 Å². The average molecular weight is 499 g/mol. The van der Waals surface area contributed by atoms with E-state index in [0.29, 0.717) is 52.6 Å². The molecule has 12 nitrogen and oxygen atoms in total. The lowest BCUT2D eigenvalue weighted by Gasteiger charge is -2.31. The number of fused-ring (bicyclic) bond motifs is 1. The molecule has 0 aliphatic carbocycles. The molecule has 1 aliphatic rings. The third-order valence-corrected chi connectivity index (χ3v) is 5.93. The van der Waals surface area contributed by atoms with Gasteiger partial charge >= 0.3 is 6.09 Å². The van der Waals surface area contributed by atoms with Gasteiger partial charge in [-0.2, -0.15) is 10.4 Å². The summed E-state index contributed by atoms with van der Waals surface area (Å²) in [6.07, 6.45) is 3.68. The van der Waals surface area contributed by atoms with Crippen molar-refractivity contribution in [1.82, 2.24) is 25.1 Å². The lowest BCUT2D eigenvalue weighted by atomic mass is 10.1. The maximum atomic E-state index is 12.6. The predicted octanol–water partition coefficient (Wildman–Crippen LogP) is 3.82. The number of benzene rings is 1. The average Bonchev–Trinajstić information content (AvgIpc) is 3.33. The van der Waals surface area contributed by atoms with E-state index in [1.807, 2.05) is 6.07 Å². The van der Waals surface area contributed by atoms with Crippen molar-refractivity contribution < 1.29 is 19.4 Å². The Morgan fingerprint density at radius 1 is 1.16 bits per heavy atom. The molecule has 186 valence electrons. The van der Waals surface area contributed by atoms with Crippen molar-refractivity contribution in [3.63, 3.8) is 0 Å². The number of carbonyl (C=O) groups is 2. The van der Waals surface area contributed by atoms with Crippen LogP contribution in [-0.2, 0) is 0 Å². The summed E-state index contributed by atoms with van der Waals surface area (Å²) in [7, 11) is 0. The van der Waals surface area contributed by atoms with Gasteiger partial charge in [-0.1, -0.05) is 0 Å². The van der Waals surface area contributed by atoms with Gasteiger partial charge in [-0.25, -0.2) is 14.8 Å². The van der Waals surface area contributed by atoms with Crippen LogP contribution in [0, 0.1) is 11.3 Å². The molecule has 0 spiro atoms. The number of likely N-dealkylation sites (tertiary alicyclic amines) is 1. The van der Waals surface area contributed by atoms with Gasteiger partial charge < -0.3 is 25.4 Å². The Kier molecular flexibility index (Phi) is 6.50. The van der Waals surface area contributed by atoms with Gasteiger partial charge in [-0.05, 0) is 49.2 Å². The van der Waals surface area contributed by atoms with Gasteiger partial charge in [0.15, 0.2) is 11.5 Å². The molecule has 12 heteroatoms. The molecule has 3 aromatic heterocycles. The number of rotatable bonds is 6. The zero-order valence-electron chi connectivity index (χ0n) is 19.5. The normalized spacial score (nSPS) is 15.1. The molecular weight excluding hydrogens is 476 g/mol. The standard InChI is InChI=1S/C25H22N8O4/c26-13-15-7-9-27-20(12-15)30-24(34)16-3-5-18(6-4-16)37-19-8-10-28-22-21(19)23(32-31-22)29-17-2-1-11-33(14-17)25(35)36/h3-10,12,17H,1-2,11,14H2,(H,35,36)(H,27,30,34)(H2,28,29,31,32). The molecule has 4 heterocycles. The van der Waals surface area contributed by atoms with Crippen LogP contribution in [0.25, 0.3) is 11.0 Å². The van der Waals surface area contributed by atoms with E-state index in [-0.39, 0.29) is 17.8 Å². The topological polar surface area (TPSA) is 169 Å². The molecule has 0 saturated carbocycles. The summed E-state index contributed by atoms with van der Waals surface area (Å²) >= 11 is 0. The van der Waals surface area contributed by atoms with Crippen LogP contribution >= 0.6 is 0 Å². The Balaban J connectivity index is 1.31. The number of H-pyrrole nitrogens is 1. The first-order chi connectivity index (χ1) is 18.0. The van der Waals surface area contributed by atoms with E-state index in [0.717, 1.165) is 12.8 Å². The molecule has 37 heavy (non-hydrogen) atoms. The van der Waals surface area contributed by atoms with E-state index >= 15 is 0 Å². The van der Waals surface area contributed by atoms with Gasteiger partial charge in [0.2, 0.25) is 0 Å². The Morgan fingerprint density at radius 2 is 1.97 bits per heavy atom. The van der Waals surface area contributed by atoms with Crippen LogP contribution in [0.4, 0.5) is 16.4 Å². The van der Waals surface area contributed by atoms with Crippen LogP contribution in [0.2, 0.25) is 0 Å². The molecule has 0 radical (unpaired) electrons. The number of anilines is 2. The second-order valence-corrected chi connectivity index (χ2v) is 8.44. The molecule has 0 bridgehead atoms. The van der Waals surface area contributed by atoms with E-state index in [1.165, 1.54) is 17.2 Å². The summed E-state index contributed by atoms with van der Waals surface area (Å²) in [5, 5.41) is 32.2. The van der Waals surface area contributed by atoms with Gasteiger partial charge in [0.25, 0.3) is 5.91 Å². The van der Waals surface area contributed by atoms with Crippen molar-refractivity contribution in [2.75, 3.05) is 23.7 Å². The van der Waals surface area contributed by atoms with Gasteiger partial charge in [0.1, 0.15) is 22.7 Å². The molecule has 4 N–H and O–H groups in total. The summed E-state index contributed by atoms with van der Waals surface area (Å²) < 4.78 is 6.10. The van der Waals surface area contributed by atoms with Gasteiger partial charge in [-0.15, -0.1) is 0 Å². The first-order valence-electron chi connectivity index (χ1n) is 11.5. The lowest BCUT2D eigenvalue weighted by molar-refractivity contribution is 0.102. The molecule has 1 saturated heterocycles. The first kappa shape index (κ1) is 23.6. The minimum absolute atomic E-state index is 0.0921. The number of amides is 2. The highest BCUT2D eigenvalue weighted by Crippen LogP contribution is 2.33. The summed E-state index contributed by atoms with van der Waals surface area (Å²) in [5.41, 5.74) is 1.31. The molecule has 1 atom stereocenters. The Bertz CT molecular complexity index is 1490. The zero-order valence-corrected chi connectivity index (χ0v) is 19.5. The molecule has 5 rings (SSSR count). The van der Waals surface area contributed by atoms with Crippen LogP contribution < -0.4 is 15.4 Å². The largest absolute Gasteiger partial charge is 0.465 e. The number of carboxylic acid groups (broad SMARTS) is 1. The number of piperidine rings is 1. The molecule has 1 aromatic carbocycles. The fourth-order valence-electron chi connectivity index (χ4n) is 4.13. The first-order valence-corrected chi connectivity index (χ1v) is 11.5. The number of aromatic amines is 1. The van der Waals surface area contributed by atoms with E-state index in [1.54, 1.807) is 42.6 Å². The number of hydrogen-bond acceptors (Lipinski definition) is 8. The van der Waals surface area contributed by atoms with Crippen LogP contribution in [0.3, 0.4) is 0 Å². The van der Waals surface area contributed by atoms with Gasteiger partial charge in [0.05, 0.1) is 11.6 Å². The highest BCUT2D eigenvalue weighted by atomic mass is 16.5. The monoisotopic (exact) mass is 498 g/mol. The maximum Gasteiger partial charge on any atom is 0.407 e. The molecule has 1 fully saturated rings. The van der Waals surface area contributed by atoms with Crippen molar-refractivity contribution in [3.8, 4) is 17.6 Å². The van der Waals surface area contributed by atoms with E-state index < -0.39 is 6.09 Å². The lowest BCUT2D eigenvalue weighted by Crippen LogP contribution is -2.44. The Labute approximate surface area is 210 Å². The summed E-state index contributed by atoms with van der Waals surface area (Å²) in [6, 6.07) is 13.2. The molecule has 4 aromatic rings. The smallest absolute Gasteiger partial charge is 0.407 e. The number of pyridine rings is 2. The number of ether oxygens (including phenoxy) is 1. The summed E-state index contributed by atoms with van der Waals surface area (Å²) in [4.78, 5) is 33.7. The number of aromatic nitrogens is 4. The van der Waals surface area contributed by atoms with Gasteiger partial charge in [0, 0.05) is 43.2 Å². The number of nitrogens with one attached hydrogen (secondary N) is 3. The third-order valence-electron chi connectivity index (χ3n) is 5.93. The van der Waals surface area contributed by atoms with Crippen LogP contribution in [0.5, 0.6) is 11.5 Å². The Hall–Kier alpha value is -5.18. The number of nitrogens with zero attached hydrogens (tertiary/aromatic N) is 5. The summed E-state index contributed by atoms with van der Waals surface area (Å²) in [5.74, 6) is 1.44. The van der Waals surface area contributed by atoms with Crippen molar-refractivity contribution in [1.29, 1.82) is 5.26 Å². The fraction of sp³-hybridized carbons (Fsp3) is 0.200. The number of hydrogen-bond donors (Lipinski definition) is 4. The zero-order chi connectivity index (χ0) is 25.8. The molecular formula is C25H22N8O4. The van der Waals surface area contributed by atoms with Crippen LogP contribution in [0.1, 0.15) is 28.8 Å². The van der Waals surface area contributed by atoms with E-state index in [2.05, 4.69) is 30.8 Å². The SMILES string of the molecule is N#Cc1ccnc(NC(=O)c2ccc(Oc3ccnc4[nH]nc(NC5CCCN(C(=O)O)C5)c34)cc2)c1. The number of nitriles is 1. The molecule has 1 unspecified atom stereocenters. The summed E-state index contributed by atoms with van der Waals surface area (Å²) in [6.45, 7) is 0.877. The van der Waals surface area contributed by atoms with Crippen molar-refractivity contribution in [2.24, 2.45) is 0 Å². The second-order valence-electron chi connectivity index (χ2n) is 8.44. The highest BCUT2D eigenvalue weighted by Gasteiger charge is 2.25. The molecule has 2 amide bonds. The van der Waals surface area contributed by atoms with Crippen molar-refractivity contribution in [3.05, 3.63) is 66.0 Å². The highest BCUT2D eigenvalue weighted by molar-refractivity contribution is 6.03. The maximum absolute atomic E-state index is 12.6. The third kappa shape index (κ3) is 5.25. The van der Waals surface area contributed by atoms with Crippen LogP contribution in [-0.4, -0.2) is 61.3 Å². The minimum atomic E-state index is -0.937. The van der Waals surface area contributed by atoms with Crippen LogP contribution in [0.15, 0.2) is 54.9 Å². The number of carbonyl (C=O) groups excluding carboxylic acids is 1. The van der Waals surface area contributed by atoms with Crippen molar-refractivity contribution in [2.45, 2.75) is 18.9 Å². The van der Waals surface area contributed by atoms with E-state index in [9.17, 15) is 14.7 Å². The second kappa shape index (κ2) is 10.2. The molecule has 1 aliphatic heterocycles. The van der Waals surface area contributed by atoms with E-state index in [4.69, 9.17) is 10.00 Å². The Morgan fingerprint density at radius 3 is 2.76 bits per heavy atom.